The molecule has 1 aromatic carbocycles. The van der Waals surface area contributed by atoms with Gasteiger partial charge in [-0.1, -0.05) is 12.1 Å². The zero-order valence-corrected chi connectivity index (χ0v) is 11.3. The van der Waals surface area contributed by atoms with Crippen molar-refractivity contribution in [1.29, 1.82) is 10.5 Å². The Morgan fingerprint density at radius 3 is 2.61 bits per heavy atom. The molecule has 0 N–H and O–H groups in total. The molecule has 0 fully saturated rings. The quantitative estimate of drug-likeness (QED) is 0.796. The summed E-state index contributed by atoms with van der Waals surface area (Å²) < 4.78 is 0. The molecule has 0 heterocycles. The Morgan fingerprint density at radius 2 is 2.00 bits per heavy atom. The molecule has 94 valence electrons. The highest BCUT2D eigenvalue weighted by atomic mass is 15.1. The molecule has 0 aliphatic rings. The van der Waals surface area contributed by atoms with Crippen LogP contribution in [0.15, 0.2) is 24.3 Å². The second kappa shape index (κ2) is 6.19. The molecule has 0 saturated heterocycles. The largest absolute Gasteiger partial charge is 0.302 e. The molecule has 0 aliphatic heterocycles. The number of nitrogens with zero attached hydrogens (tertiary/aromatic N) is 3. The Labute approximate surface area is 109 Å². The molecule has 0 aliphatic carbocycles. The number of benzene rings is 1. The van der Waals surface area contributed by atoms with Gasteiger partial charge in [0.1, 0.15) is 0 Å². The minimum atomic E-state index is -0.275. The second-order valence-electron chi connectivity index (χ2n) is 5.30. The molecule has 1 rings (SSSR count). The van der Waals surface area contributed by atoms with Crippen molar-refractivity contribution in [1.82, 2.24) is 4.90 Å². The van der Waals surface area contributed by atoms with E-state index in [4.69, 9.17) is 10.5 Å². The third-order valence-corrected chi connectivity index (χ3v) is 2.93. The van der Waals surface area contributed by atoms with E-state index < -0.39 is 0 Å². The normalized spacial score (nSPS) is 11.0. The number of rotatable bonds is 5. The van der Waals surface area contributed by atoms with Crippen LogP contribution in [0.3, 0.4) is 0 Å². The van der Waals surface area contributed by atoms with Crippen molar-refractivity contribution < 1.29 is 0 Å². The molecule has 0 spiro atoms. The van der Waals surface area contributed by atoms with E-state index in [2.05, 4.69) is 17.0 Å². The zero-order chi connectivity index (χ0) is 13.6. The molecule has 0 bridgehead atoms. The highest BCUT2D eigenvalue weighted by molar-refractivity contribution is 5.32. The van der Waals surface area contributed by atoms with Crippen molar-refractivity contribution in [2.45, 2.75) is 26.8 Å². The summed E-state index contributed by atoms with van der Waals surface area (Å²) in [5.41, 5.74) is 1.55. The Bertz CT molecular complexity index is 477. The Kier molecular flexibility index (Phi) is 4.89. The number of nitriles is 2. The van der Waals surface area contributed by atoms with Crippen LogP contribution in [0.25, 0.3) is 0 Å². The van der Waals surface area contributed by atoms with Gasteiger partial charge in [0.2, 0.25) is 0 Å². The van der Waals surface area contributed by atoms with E-state index in [1.165, 1.54) is 0 Å². The Hall–Kier alpha value is -1.84. The van der Waals surface area contributed by atoms with Crippen molar-refractivity contribution in [3.05, 3.63) is 35.4 Å². The van der Waals surface area contributed by atoms with E-state index in [1.807, 2.05) is 45.2 Å². The zero-order valence-electron chi connectivity index (χ0n) is 11.3. The standard InChI is InChI=1S/C15H19N3/c1-15(2,12-17)7-8-18(3)11-14-6-4-5-13(9-14)10-16/h4-6,9H,7-8,11H2,1-3H3. The molecule has 0 aromatic heterocycles. The Morgan fingerprint density at radius 1 is 1.28 bits per heavy atom. The van der Waals surface area contributed by atoms with Gasteiger partial charge in [-0.2, -0.15) is 10.5 Å². The van der Waals surface area contributed by atoms with Crippen molar-refractivity contribution in [3.8, 4) is 12.1 Å². The predicted molar refractivity (Wildman–Crippen MR) is 71.5 cm³/mol. The van der Waals surface area contributed by atoms with Crippen LogP contribution in [-0.2, 0) is 6.54 Å². The van der Waals surface area contributed by atoms with Gasteiger partial charge in [0.25, 0.3) is 0 Å². The smallest absolute Gasteiger partial charge is 0.0991 e. The van der Waals surface area contributed by atoms with Crippen molar-refractivity contribution >= 4 is 0 Å². The first kappa shape index (κ1) is 14.2. The first-order valence-electron chi connectivity index (χ1n) is 6.06. The van der Waals surface area contributed by atoms with Crippen LogP contribution < -0.4 is 0 Å². The van der Waals surface area contributed by atoms with E-state index in [0.717, 1.165) is 25.1 Å². The summed E-state index contributed by atoms with van der Waals surface area (Å²) in [6, 6.07) is 12.1. The van der Waals surface area contributed by atoms with Crippen molar-refractivity contribution in [2.24, 2.45) is 5.41 Å². The minimum absolute atomic E-state index is 0.275. The first-order chi connectivity index (χ1) is 8.46. The predicted octanol–water partition coefficient (Wildman–Crippen LogP) is 2.93. The summed E-state index contributed by atoms with van der Waals surface area (Å²) >= 11 is 0. The molecule has 1 aromatic rings. The summed E-state index contributed by atoms with van der Waals surface area (Å²) in [5.74, 6) is 0. The van der Waals surface area contributed by atoms with Crippen LogP contribution in [0, 0.1) is 28.1 Å². The molecule has 18 heavy (non-hydrogen) atoms. The molecular weight excluding hydrogens is 222 g/mol. The maximum absolute atomic E-state index is 8.96. The van der Waals surface area contributed by atoms with Gasteiger partial charge in [0.05, 0.1) is 23.1 Å². The van der Waals surface area contributed by atoms with Crippen LogP contribution in [0.4, 0.5) is 0 Å². The molecule has 3 nitrogen and oxygen atoms in total. The van der Waals surface area contributed by atoms with Crippen LogP contribution in [0.5, 0.6) is 0 Å². The summed E-state index contributed by atoms with van der Waals surface area (Å²) in [6.07, 6.45) is 0.845. The second-order valence-corrected chi connectivity index (χ2v) is 5.30. The molecule has 0 unspecified atom stereocenters. The molecule has 3 heteroatoms. The van der Waals surface area contributed by atoms with Crippen molar-refractivity contribution in [2.75, 3.05) is 13.6 Å². The van der Waals surface area contributed by atoms with Gasteiger partial charge in [-0.3, -0.25) is 0 Å². The van der Waals surface area contributed by atoms with Crippen LogP contribution in [0.1, 0.15) is 31.4 Å². The highest BCUT2D eigenvalue weighted by Gasteiger charge is 2.17. The van der Waals surface area contributed by atoms with E-state index in [1.54, 1.807) is 0 Å². The van der Waals surface area contributed by atoms with E-state index in [9.17, 15) is 0 Å². The lowest BCUT2D eigenvalue weighted by atomic mass is 9.91. The van der Waals surface area contributed by atoms with E-state index in [0.29, 0.717) is 5.56 Å². The van der Waals surface area contributed by atoms with Gasteiger partial charge in [0.15, 0.2) is 0 Å². The van der Waals surface area contributed by atoms with Gasteiger partial charge in [0, 0.05) is 6.54 Å². The van der Waals surface area contributed by atoms with Gasteiger partial charge in [-0.15, -0.1) is 0 Å². The molecular formula is C15H19N3. The van der Waals surface area contributed by atoms with Gasteiger partial charge >= 0.3 is 0 Å². The highest BCUT2D eigenvalue weighted by Crippen LogP contribution is 2.19. The van der Waals surface area contributed by atoms with E-state index >= 15 is 0 Å². The van der Waals surface area contributed by atoms with Crippen LogP contribution in [-0.4, -0.2) is 18.5 Å². The maximum atomic E-state index is 8.96. The van der Waals surface area contributed by atoms with Gasteiger partial charge in [-0.05, 0) is 51.6 Å². The summed E-state index contributed by atoms with van der Waals surface area (Å²) in [5, 5.41) is 17.8. The fourth-order valence-corrected chi connectivity index (χ4v) is 1.66. The maximum Gasteiger partial charge on any atom is 0.0991 e. The average molecular weight is 241 g/mol. The average Bonchev–Trinajstić information content (AvgIpc) is 2.37. The van der Waals surface area contributed by atoms with Crippen LogP contribution >= 0.6 is 0 Å². The molecule has 0 radical (unpaired) electrons. The third-order valence-electron chi connectivity index (χ3n) is 2.93. The molecule has 0 amide bonds. The van der Waals surface area contributed by atoms with Gasteiger partial charge < -0.3 is 4.90 Å². The summed E-state index contributed by atoms with van der Waals surface area (Å²) in [4.78, 5) is 2.18. The molecule has 0 saturated carbocycles. The lowest BCUT2D eigenvalue weighted by Gasteiger charge is -2.21. The fourth-order valence-electron chi connectivity index (χ4n) is 1.66. The SMILES string of the molecule is CN(CCC(C)(C)C#N)Cc1cccc(C#N)c1. The van der Waals surface area contributed by atoms with Gasteiger partial charge in [-0.25, -0.2) is 0 Å². The van der Waals surface area contributed by atoms with E-state index in [-0.39, 0.29) is 5.41 Å². The lowest BCUT2D eigenvalue weighted by molar-refractivity contribution is 0.280. The third kappa shape index (κ3) is 4.57. The Balaban J connectivity index is 2.53. The molecule has 0 atom stereocenters. The first-order valence-corrected chi connectivity index (χ1v) is 6.06. The lowest BCUT2D eigenvalue weighted by Crippen LogP contribution is -2.23. The van der Waals surface area contributed by atoms with Crippen molar-refractivity contribution in [3.63, 3.8) is 0 Å². The summed E-state index contributed by atoms with van der Waals surface area (Å²) in [7, 11) is 2.03. The minimum Gasteiger partial charge on any atom is -0.302 e. The summed E-state index contributed by atoms with van der Waals surface area (Å²) in [6.45, 7) is 5.59. The topological polar surface area (TPSA) is 50.8 Å². The number of hydrogen-bond donors (Lipinski definition) is 0. The number of hydrogen-bond acceptors (Lipinski definition) is 3. The fraction of sp³-hybridized carbons (Fsp3) is 0.467. The van der Waals surface area contributed by atoms with Crippen LogP contribution in [0.2, 0.25) is 0 Å². The monoisotopic (exact) mass is 241 g/mol.